The van der Waals surface area contributed by atoms with Gasteiger partial charge in [-0.15, -0.1) is 0 Å². The molecule has 0 aliphatic heterocycles. The molecule has 1 radical (unpaired) electrons. The van der Waals surface area contributed by atoms with Crippen molar-refractivity contribution in [1.82, 2.24) is 5.73 Å². The first-order chi connectivity index (χ1) is 5.22. The van der Waals surface area contributed by atoms with Gasteiger partial charge in [0.05, 0.1) is 6.04 Å². The molecule has 57 valence electrons. The normalized spacial score (nSPS) is 12.5. The van der Waals surface area contributed by atoms with Crippen LogP contribution in [0.3, 0.4) is 0 Å². The third-order valence-corrected chi connectivity index (χ3v) is 1.45. The molecule has 0 spiro atoms. The van der Waals surface area contributed by atoms with Crippen LogP contribution in [0.1, 0.15) is 17.3 Å². The van der Waals surface area contributed by atoms with Crippen molar-refractivity contribution in [3.8, 4) is 0 Å². The Balaban J connectivity index is 2.86. The van der Waals surface area contributed by atoms with E-state index in [9.17, 15) is 4.79 Å². The lowest BCUT2D eigenvalue weighted by Crippen LogP contribution is -2.17. The van der Waals surface area contributed by atoms with E-state index in [4.69, 9.17) is 5.73 Å². The molecule has 1 aromatic rings. The molecule has 0 amide bonds. The number of nitrogens with one attached hydrogen (secondary N) is 1. The predicted octanol–water partition coefficient (Wildman–Crippen LogP) is 1.54. The Morgan fingerprint density at radius 1 is 1.36 bits per heavy atom. The summed E-state index contributed by atoms with van der Waals surface area (Å²) >= 11 is 0. The lowest BCUT2D eigenvalue weighted by Gasteiger charge is -2.01. The lowest BCUT2D eigenvalue weighted by atomic mass is 10.1. The van der Waals surface area contributed by atoms with E-state index in [1.807, 2.05) is 6.07 Å². The fourth-order valence-corrected chi connectivity index (χ4v) is 0.852. The molecule has 0 aromatic heterocycles. The zero-order chi connectivity index (χ0) is 8.27. The van der Waals surface area contributed by atoms with Gasteiger partial charge in [-0.2, -0.15) is 0 Å². The summed E-state index contributed by atoms with van der Waals surface area (Å²) in [6, 6.07) is 8.26. The Morgan fingerprint density at radius 3 is 2.36 bits per heavy atom. The molecule has 11 heavy (non-hydrogen) atoms. The van der Waals surface area contributed by atoms with Gasteiger partial charge in [-0.05, 0) is 6.92 Å². The monoisotopic (exact) mass is 148 g/mol. The van der Waals surface area contributed by atoms with Gasteiger partial charge in [0.2, 0.25) is 0 Å². The van der Waals surface area contributed by atoms with Crippen molar-refractivity contribution >= 4 is 5.78 Å². The molecule has 0 aliphatic carbocycles. The van der Waals surface area contributed by atoms with Gasteiger partial charge >= 0.3 is 0 Å². The highest BCUT2D eigenvalue weighted by atomic mass is 16.1. The van der Waals surface area contributed by atoms with E-state index in [2.05, 4.69) is 0 Å². The van der Waals surface area contributed by atoms with Gasteiger partial charge in [0.1, 0.15) is 0 Å². The van der Waals surface area contributed by atoms with Crippen LogP contribution < -0.4 is 5.73 Å². The van der Waals surface area contributed by atoms with E-state index in [0.717, 1.165) is 0 Å². The fraction of sp³-hybridized carbons (Fsp3) is 0.222. The molecule has 0 unspecified atom stereocenters. The highest BCUT2D eigenvalue weighted by molar-refractivity contribution is 5.99. The van der Waals surface area contributed by atoms with Crippen LogP contribution in [0.25, 0.3) is 0 Å². The van der Waals surface area contributed by atoms with Crippen LogP contribution in [0.15, 0.2) is 30.3 Å². The first-order valence-electron chi connectivity index (χ1n) is 3.52. The molecule has 1 atom stereocenters. The highest BCUT2D eigenvalue weighted by Gasteiger charge is 2.09. The van der Waals surface area contributed by atoms with E-state index < -0.39 is 6.04 Å². The maximum Gasteiger partial charge on any atom is 0.180 e. The van der Waals surface area contributed by atoms with Crippen LogP contribution in [0, 0.1) is 0 Å². The van der Waals surface area contributed by atoms with E-state index >= 15 is 0 Å². The first-order valence-corrected chi connectivity index (χ1v) is 3.52. The minimum absolute atomic E-state index is 0.120. The number of carbonyl (C=O) groups excluding carboxylic acids is 1. The summed E-state index contributed by atoms with van der Waals surface area (Å²) < 4.78 is 0. The van der Waals surface area contributed by atoms with Crippen LogP contribution >= 0.6 is 0 Å². The smallest absolute Gasteiger partial charge is 0.180 e. The molecule has 1 rings (SSSR count). The minimum Gasteiger partial charge on any atom is -0.292 e. The van der Waals surface area contributed by atoms with Gasteiger partial charge in [-0.1, -0.05) is 30.3 Å². The Kier molecular flexibility index (Phi) is 2.39. The molecule has 1 N–H and O–H groups in total. The van der Waals surface area contributed by atoms with Crippen molar-refractivity contribution < 1.29 is 4.79 Å². The fourth-order valence-electron chi connectivity index (χ4n) is 0.852. The van der Waals surface area contributed by atoms with E-state index in [0.29, 0.717) is 5.56 Å². The number of benzene rings is 1. The zero-order valence-corrected chi connectivity index (χ0v) is 6.37. The van der Waals surface area contributed by atoms with Crippen molar-refractivity contribution in [2.45, 2.75) is 13.0 Å². The topological polar surface area (TPSA) is 40.9 Å². The number of rotatable bonds is 2. The standard InChI is InChI=1S/C9H10NO/c1-7(10)9(11)8-5-3-2-4-6-8/h2-7,10H,1H3/t7-/m0/s1. The number of carbonyl (C=O) groups is 1. The maximum atomic E-state index is 11.2. The average Bonchev–Trinajstić information content (AvgIpc) is 2.05. The minimum atomic E-state index is -0.655. The molecule has 0 saturated heterocycles. The van der Waals surface area contributed by atoms with Crippen molar-refractivity contribution in [2.24, 2.45) is 0 Å². The molecular weight excluding hydrogens is 138 g/mol. The van der Waals surface area contributed by atoms with Crippen LogP contribution in [-0.4, -0.2) is 11.8 Å². The predicted molar refractivity (Wildman–Crippen MR) is 43.3 cm³/mol. The van der Waals surface area contributed by atoms with Crippen LogP contribution in [0.4, 0.5) is 0 Å². The number of hydrogen-bond donors (Lipinski definition) is 0. The molecule has 0 bridgehead atoms. The van der Waals surface area contributed by atoms with Gasteiger partial charge in [0, 0.05) is 5.56 Å². The van der Waals surface area contributed by atoms with Crippen LogP contribution in [-0.2, 0) is 0 Å². The third-order valence-electron chi connectivity index (χ3n) is 1.45. The number of hydrogen-bond acceptors (Lipinski definition) is 1. The SMILES string of the molecule is C[C@H]([NH])C(=O)c1ccccc1. The van der Waals surface area contributed by atoms with E-state index in [1.54, 1.807) is 31.2 Å². The second-order valence-corrected chi connectivity index (χ2v) is 2.45. The van der Waals surface area contributed by atoms with Crippen LogP contribution in [0.2, 0.25) is 0 Å². The van der Waals surface area contributed by atoms with Crippen molar-refractivity contribution in [3.05, 3.63) is 35.9 Å². The summed E-state index contributed by atoms with van der Waals surface area (Å²) in [5, 5.41) is 0. The summed E-state index contributed by atoms with van der Waals surface area (Å²) in [5.74, 6) is -0.120. The molecule has 0 fully saturated rings. The van der Waals surface area contributed by atoms with Crippen molar-refractivity contribution in [1.29, 1.82) is 0 Å². The Labute approximate surface area is 66.0 Å². The number of Topliss-reactive ketones (excluding diaryl/α,β-unsaturated/α-hetero) is 1. The zero-order valence-electron chi connectivity index (χ0n) is 6.37. The third kappa shape index (κ3) is 1.88. The van der Waals surface area contributed by atoms with Gasteiger partial charge in [0.15, 0.2) is 5.78 Å². The first kappa shape index (κ1) is 7.95. The summed E-state index contributed by atoms with van der Waals surface area (Å²) in [5.41, 5.74) is 7.79. The summed E-state index contributed by atoms with van der Waals surface area (Å²) in [4.78, 5) is 11.2. The molecule has 2 nitrogen and oxygen atoms in total. The van der Waals surface area contributed by atoms with E-state index in [1.165, 1.54) is 0 Å². The van der Waals surface area contributed by atoms with Crippen molar-refractivity contribution in [2.75, 3.05) is 0 Å². The second kappa shape index (κ2) is 3.30. The quantitative estimate of drug-likeness (QED) is 0.586. The molecule has 0 saturated carbocycles. The lowest BCUT2D eigenvalue weighted by molar-refractivity contribution is 0.0965. The van der Waals surface area contributed by atoms with E-state index in [-0.39, 0.29) is 5.78 Å². The summed E-state index contributed by atoms with van der Waals surface area (Å²) in [6.07, 6.45) is 0. The molecule has 1 aromatic carbocycles. The van der Waals surface area contributed by atoms with Crippen molar-refractivity contribution in [3.63, 3.8) is 0 Å². The average molecular weight is 148 g/mol. The number of ketones is 1. The summed E-state index contributed by atoms with van der Waals surface area (Å²) in [6.45, 7) is 1.58. The van der Waals surface area contributed by atoms with Gasteiger partial charge in [0.25, 0.3) is 0 Å². The Bertz CT molecular complexity index is 241. The largest absolute Gasteiger partial charge is 0.292 e. The molecular formula is C9H10NO. The van der Waals surface area contributed by atoms with Gasteiger partial charge in [-0.25, -0.2) is 5.73 Å². The molecule has 0 aliphatic rings. The highest BCUT2D eigenvalue weighted by Crippen LogP contribution is 2.01. The van der Waals surface area contributed by atoms with Gasteiger partial charge in [-0.3, -0.25) is 4.79 Å². The van der Waals surface area contributed by atoms with Gasteiger partial charge < -0.3 is 0 Å². The Morgan fingerprint density at radius 2 is 1.91 bits per heavy atom. The molecule has 0 heterocycles. The summed E-state index contributed by atoms with van der Waals surface area (Å²) in [7, 11) is 0. The second-order valence-electron chi connectivity index (χ2n) is 2.45. The Hall–Kier alpha value is -1.15. The van der Waals surface area contributed by atoms with Crippen LogP contribution in [0.5, 0.6) is 0 Å². The molecule has 2 heteroatoms. The maximum absolute atomic E-state index is 11.2.